The Kier molecular flexibility index (Phi) is 3.60. The van der Waals surface area contributed by atoms with Gasteiger partial charge in [-0.25, -0.2) is 0 Å². The molecule has 2 fully saturated rings. The number of nitrogens with two attached hydrogens (primary N) is 1. The number of hydrogen-bond donors (Lipinski definition) is 1. The minimum atomic E-state index is 0.499. The molecule has 2 rings (SSSR count). The van der Waals surface area contributed by atoms with E-state index in [9.17, 15) is 0 Å². The van der Waals surface area contributed by atoms with Gasteiger partial charge in [0.15, 0.2) is 0 Å². The third kappa shape index (κ3) is 2.14. The SMILES string of the molecule is CC1CCCC(CN)N1C1CCCC1(C)C. The zero-order valence-corrected chi connectivity index (χ0v) is 11.2. The van der Waals surface area contributed by atoms with E-state index in [4.69, 9.17) is 5.73 Å². The van der Waals surface area contributed by atoms with Crippen LogP contribution in [0.4, 0.5) is 0 Å². The summed E-state index contributed by atoms with van der Waals surface area (Å²) in [7, 11) is 0. The van der Waals surface area contributed by atoms with Crippen LogP contribution >= 0.6 is 0 Å². The highest BCUT2D eigenvalue weighted by Gasteiger charge is 2.43. The molecule has 0 aromatic heterocycles. The molecule has 1 aliphatic heterocycles. The summed E-state index contributed by atoms with van der Waals surface area (Å²) in [5.41, 5.74) is 6.47. The van der Waals surface area contributed by atoms with Gasteiger partial charge in [-0.2, -0.15) is 0 Å². The fourth-order valence-electron chi connectivity index (χ4n) is 3.97. The fraction of sp³-hybridized carbons (Fsp3) is 1.00. The molecule has 2 aliphatic rings. The predicted octanol–water partition coefficient (Wildman–Crippen LogP) is 2.77. The van der Waals surface area contributed by atoms with Gasteiger partial charge in [0.05, 0.1) is 0 Å². The van der Waals surface area contributed by atoms with Crippen LogP contribution in [0.1, 0.15) is 59.3 Å². The first-order valence-corrected chi connectivity index (χ1v) is 7.04. The number of hydrogen-bond acceptors (Lipinski definition) is 2. The third-order valence-corrected chi connectivity index (χ3v) is 4.92. The second kappa shape index (κ2) is 4.66. The second-order valence-corrected chi connectivity index (χ2v) is 6.51. The lowest BCUT2D eigenvalue weighted by atomic mass is 9.82. The first-order valence-electron chi connectivity index (χ1n) is 7.04. The van der Waals surface area contributed by atoms with Crippen LogP contribution in [0.25, 0.3) is 0 Å². The van der Waals surface area contributed by atoms with Crippen molar-refractivity contribution in [3.8, 4) is 0 Å². The Morgan fingerprint density at radius 1 is 1.19 bits per heavy atom. The van der Waals surface area contributed by atoms with Crippen LogP contribution in [0.5, 0.6) is 0 Å². The Balaban J connectivity index is 2.15. The van der Waals surface area contributed by atoms with Crippen molar-refractivity contribution in [3.05, 3.63) is 0 Å². The van der Waals surface area contributed by atoms with Crippen molar-refractivity contribution in [2.45, 2.75) is 77.4 Å². The normalized spacial score (nSPS) is 40.1. The van der Waals surface area contributed by atoms with Gasteiger partial charge in [-0.15, -0.1) is 0 Å². The van der Waals surface area contributed by atoms with E-state index in [-0.39, 0.29) is 0 Å². The van der Waals surface area contributed by atoms with E-state index in [1.807, 2.05) is 0 Å². The molecule has 0 amide bonds. The molecule has 94 valence electrons. The monoisotopic (exact) mass is 224 g/mol. The van der Waals surface area contributed by atoms with Gasteiger partial charge in [-0.1, -0.05) is 26.7 Å². The highest BCUT2D eigenvalue weighted by Crippen LogP contribution is 2.43. The second-order valence-electron chi connectivity index (χ2n) is 6.51. The Morgan fingerprint density at radius 3 is 2.50 bits per heavy atom. The van der Waals surface area contributed by atoms with Crippen molar-refractivity contribution >= 4 is 0 Å². The fourth-order valence-corrected chi connectivity index (χ4v) is 3.97. The van der Waals surface area contributed by atoms with Gasteiger partial charge in [0.2, 0.25) is 0 Å². The summed E-state index contributed by atoms with van der Waals surface area (Å²) in [6.07, 6.45) is 8.22. The first kappa shape index (κ1) is 12.4. The average Bonchev–Trinajstić information content (AvgIpc) is 2.57. The molecule has 2 heteroatoms. The van der Waals surface area contributed by atoms with E-state index in [0.717, 1.165) is 18.6 Å². The highest BCUT2D eigenvalue weighted by atomic mass is 15.2. The molecular formula is C14H28N2. The minimum Gasteiger partial charge on any atom is -0.329 e. The van der Waals surface area contributed by atoms with Crippen molar-refractivity contribution in [3.63, 3.8) is 0 Å². The van der Waals surface area contributed by atoms with Crippen LogP contribution < -0.4 is 5.73 Å². The molecule has 0 spiro atoms. The van der Waals surface area contributed by atoms with Gasteiger partial charge >= 0.3 is 0 Å². The van der Waals surface area contributed by atoms with Gasteiger partial charge < -0.3 is 5.73 Å². The van der Waals surface area contributed by atoms with E-state index in [0.29, 0.717) is 11.5 Å². The van der Waals surface area contributed by atoms with Crippen LogP contribution in [0.3, 0.4) is 0 Å². The van der Waals surface area contributed by atoms with Gasteiger partial charge in [-0.3, -0.25) is 4.90 Å². The maximum Gasteiger partial charge on any atom is 0.0224 e. The lowest BCUT2D eigenvalue weighted by Gasteiger charge is -2.48. The third-order valence-electron chi connectivity index (χ3n) is 4.92. The maximum atomic E-state index is 5.97. The zero-order chi connectivity index (χ0) is 11.8. The molecule has 0 bridgehead atoms. The smallest absolute Gasteiger partial charge is 0.0224 e. The van der Waals surface area contributed by atoms with Crippen molar-refractivity contribution in [2.24, 2.45) is 11.1 Å². The topological polar surface area (TPSA) is 29.3 Å². The van der Waals surface area contributed by atoms with Gasteiger partial charge in [-0.05, 0) is 38.0 Å². The van der Waals surface area contributed by atoms with Crippen LogP contribution in [0, 0.1) is 5.41 Å². The Labute approximate surface area is 101 Å². The predicted molar refractivity (Wildman–Crippen MR) is 69.4 cm³/mol. The van der Waals surface area contributed by atoms with Crippen molar-refractivity contribution in [1.82, 2.24) is 4.90 Å². The molecule has 0 aromatic rings. The van der Waals surface area contributed by atoms with Crippen LogP contribution in [0.2, 0.25) is 0 Å². The molecule has 2 N–H and O–H groups in total. The van der Waals surface area contributed by atoms with E-state index >= 15 is 0 Å². The Morgan fingerprint density at radius 2 is 1.94 bits per heavy atom. The molecule has 1 saturated carbocycles. The Bertz CT molecular complexity index is 237. The van der Waals surface area contributed by atoms with E-state index < -0.39 is 0 Å². The summed E-state index contributed by atoms with van der Waals surface area (Å²) in [5.74, 6) is 0. The zero-order valence-electron chi connectivity index (χ0n) is 11.2. The quantitative estimate of drug-likeness (QED) is 0.781. The highest BCUT2D eigenvalue weighted by molar-refractivity contribution is 4.97. The Hall–Kier alpha value is -0.0800. The summed E-state index contributed by atoms with van der Waals surface area (Å²) in [6, 6.07) is 2.16. The summed E-state index contributed by atoms with van der Waals surface area (Å²) in [5, 5.41) is 0. The van der Waals surface area contributed by atoms with Gasteiger partial charge in [0.1, 0.15) is 0 Å². The number of likely N-dealkylation sites (tertiary alicyclic amines) is 1. The number of piperidine rings is 1. The van der Waals surface area contributed by atoms with E-state index in [1.54, 1.807) is 0 Å². The molecule has 2 nitrogen and oxygen atoms in total. The summed E-state index contributed by atoms with van der Waals surface area (Å²) in [4.78, 5) is 2.77. The number of rotatable bonds is 2. The largest absolute Gasteiger partial charge is 0.329 e. The van der Waals surface area contributed by atoms with Crippen LogP contribution in [-0.2, 0) is 0 Å². The van der Waals surface area contributed by atoms with Crippen molar-refractivity contribution in [2.75, 3.05) is 6.54 Å². The molecular weight excluding hydrogens is 196 g/mol. The summed E-state index contributed by atoms with van der Waals surface area (Å²) >= 11 is 0. The minimum absolute atomic E-state index is 0.499. The van der Waals surface area contributed by atoms with Crippen molar-refractivity contribution in [1.29, 1.82) is 0 Å². The molecule has 1 saturated heterocycles. The molecule has 16 heavy (non-hydrogen) atoms. The first-order chi connectivity index (χ1) is 7.56. The summed E-state index contributed by atoms with van der Waals surface area (Å²) in [6.45, 7) is 8.13. The lowest BCUT2D eigenvalue weighted by molar-refractivity contribution is 0.00881. The van der Waals surface area contributed by atoms with Crippen LogP contribution in [-0.4, -0.2) is 29.6 Å². The average molecular weight is 224 g/mol. The van der Waals surface area contributed by atoms with E-state index in [2.05, 4.69) is 25.7 Å². The van der Waals surface area contributed by atoms with E-state index in [1.165, 1.54) is 38.5 Å². The van der Waals surface area contributed by atoms with Crippen molar-refractivity contribution < 1.29 is 0 Å². The van der Waals surface area contributed by atoms with Gasteiger partial charge in [0, 0.05) is 24.7 Å². The molecule has 0 radical (unpaired) electrons. The molecule has 3 unspecified atom stereocenters. The molecule has 1 aliphatic carbocycles. The maximum absolute atomic E-state index is 5.97. The lowest BCUT2D eigenvalue weighted by Crippen LogP contribution is -2.56. The standard InChI is InChI=1S/C14H28N2/c1-11-6-4-7-12(10-15)16(11)13-8-5-9-14(13,2)3/h11-13H,4-10,15H2,1-3H3. The number of nitrogens with zero attached hydrogens (tertiary/aromatic N) is 1. The summed E-state index contributed by atoms with van der Waals surface area (Å²) < 4.78 is 0. The van der Waals surface area contributed by atoms with Gasteiger partial charge in [0.25, 0.3) is 0 Å². The molecule has 3 atom stereocenters. The molecule has 1 heterocycles. The molecule has 0 aromatic carbocycles. The van der Waals surface area contributed by atoms with Crippen LogP contribution in [0.15, 0.2) is 0 Å².